The molecule has 1 saturated heterocycles. The first-order chi connectivity index (χ1) is 14.0. The number of hydrogen-bond donors (Lipinski definition) is 2. The standard InChI is InChI=1S/C20H27N5O4/c1-2-21-17(26)14-23-9-5-10-24(13-12-23)18(27)8-11-25-20(29)16-7-4-3-6-15(16)19(28)22-25/h3-4,6-7H,2,5,8-14H2,1H3,(H,21,26)(H,22,28). The maximum atomic E-state index is 12.6. The predicted octanol–water partition coefficient (Wildman–Crippen LogP) is -0.250. The third kappa shape index (κ3) is 5.11. The number of carbonyl (C=O) groups excluding carboxylic acids is 2. The highest BCUT2D eigenvalue weighted by Gasteiger charge is 2.20. The van der Waals surface area contributed by atoms with E-state index in [4.69, 9.17) is 0 Å². The second kappa shape index (κ2) is 9.51. The summed E-state index contributed by atoms with van der Waals surface area (Å²) in [7, 11) is 0. The summed E-state index contributed by atoms with van der Waals surface area (Å²) in [6, 6.07) is 6.64. The molecule has 1 aromatic heterocycles. The minimum absolute atomic E-state index is 0.00749. The second-order valence-corrected chi connectivity index (χ2v) is 7.16. The Hall–Kier alpha value is -2.94. The Morgan fingerprint density at radius 3 is 2.59 bits per heavy atom. The van der Waals surface area contributed by atoms with Gasteiger partial charge in [0.15, 0.2) is 0 Å². The molecule has 1 aliphatic rings. The summed E-state index contributed by atoms with van der Waals surface area (Å²) >= 11 is 0. The number of H-pyrrole nitrogens is 1. The Morgan fingerprint density at radius 1 is 1.07 bits per heavy atom. The van der Waals surface area contributed by atoms with Gasteiger partial charge < -0.3 is 10.2 Å². The maximum absolute atomic E-state index is 12.6. The lowest BCUT2D eigenvalue weighted by Gasteiger charge is -2.22. The first kappa shape index (κ1) is 20.8. The Bertz CT molecular complexity index is 996. The molecule has 9 heteroatoms. The lowest BCUT2D eigenvalue weighted by Crippen LogP contribution is -2.40. The topological polar surface area (TPSA) is 108 Å². The minimum atomic E-state index is -0.344. The molecular formula is C20H27N5O4. The highest BCUT2D eigenvalue weighted by atomic mass is 16.2. The summed E-state index contributed by atoms with van der Waals surface area (Å²) in [5, 5.41) is 6.03. The number of aromatic nitrogens is 2. The van der Waals surface area contributed by atoms with Crippen molar-refractivity contribution in [3.05, 3.63) is 45.0 Å². The van der Waals surface area contributed by atoms with Crippen LogP contribution in [-0.2, 0) is 16.1 Å². The van der Waals surface area contributed by atoms with Crippen molar-refractivity contribution in [1.29, 1.82) is 0 Å². The number of nitrogens with zero attached hydrogens (tertiary/aromatic N) is 3. The van der Waals surface area contributed by atoms with Gasteiger partial charge in [0.2, 0.25) is 11.8 Å². The molecule has 0 spiro atoms. The molecule has 1 aliphatic heterocycles. The van der Waals surface area contributed by atoms with Gasteiger partial charge in [-0.25, -0.2) is 4.68 Å². The summed E-state index contributed by atoms with van der Waals surface area (Å²) < 4.78 is 1.21. The van der Waals surface area contributed by atoms with E-state index in [1.54, 1.807) is 29.2 Å². The number of benzene rings is 1. The van der Waals surface area contributed by atoms with Gasteiger partial charge in [-0.3, -0.25) is 29.2 Å². The van der Waals surface area contributed by atoms with E-state index in [0.29, 0.717) is 43.5 Å². The monoisotopic (exact) mass is 401 g/mol. The van der Waals surface area contributed by atoms with E-state index >= 15 is 0 Å². The van der Waals surface area contributed by atoms with Crippen LogP contribution in [0.25, 0.3) is 10.8 Å². The Kier molecular flexibility index (Phi) is 6.82. The summed E-state index contributed by atoms with van der Waals surface area (Å²) in [5.41, 5.74) is -0.652. The average Bonchev–Trinajstić information content (AvgIpc) is 2.95. The summed E-state index contributed by atoms with van der Waals surface area (Å²) in [6.45, 7) is 5.51. The summed E-state index contributed by atoms with van der Waals surface area (Å²) in [6.07, 6.45) is 0.919. The lowest BCUT2D eigenvalue weighted by molar-refractivity contribution is -0.131. The fourth-order valence-electron chi connectivity index (χ4n) is 3.60. The van der Waals surface area contributed by atoms with Crippen LogP contribution in [0.5, 0.6) is 0 Å². The molecule has 2 heterocycles. The molecule has 2 N–H and O–H groups in total. The van der Waals surface area contributed by atoms with Crippen molar-refractivity contribution in [2.45, 2.75) is 26.3 Å². The molecule has 3 rings (SSSR count). The van der Waals surface area contributed by atoms with Gasteiger partial charge in [0.25, 0.3) is 11.1 Å². The fourth-order valence-corrected chi connectivity index (χ4v) is 3.60. The number of amides is 2. The zero-order valence-corrected chi connectivity index (χ0v) is 16.6. The largest absolute Gasteiger partial charge is 0.355 e. The molecule has 0 radical (unpaired) electrons. The molecule has 2 aromatic rings. The summed E-state index contributed by atoms with van der Waals surface area (Å²) in [5.74, 6) is -0.0716. The van der Waals surface area contributed by atoms with Crippen molar-refractivity contribution in [1.82, 2.24) is 24.9 Å². The highest BCUT2D eigenvalue weighted by Crippen LogP contribution is 2.06. The number of fused-ring (bicyclic) bond motifs is 1. The van der Waals surface area contributed by atoms with E-state index in [9.17, 15) is 19.2 Å². The number of carbonyl (C=O) groups is 2. The first-order valence-electron chi connectivity index (χ1n) is 9.98. The van der Waals surface area contributed by atoms with Gasteiger partial charge in [-0.2, -0.15) is 0 Å². The average molecular weight is 401 g/mol. The lowest BCUT2D eigenvalue weighted by atomic mass is 10.2. The minimum Gasteiger partial charge on any atom is -0.355 e. The van der Waals surface area contributed by atoms with Crippen molar-refractivity contribution in [3.8, 4) is 0 Å². The zero-order chi connectivity index (χ0) is 20.8. The van der Waals surface area contributed by atoms with E-state index in [1.165, 1.54) is 4.68 Å². The van der Waals surface area contributed by atoms with Crippen molar-refractivity contribution in [3.63, 3.8) is 0 Å². The number of likely N-dealkylation sites (N-methyl/N-ethyl adjacent to an activating group) is 1. The van der Waals surface area contributed by atoms with Crippen molar-refractivity contribution < 1.29 is 9.59 Å². The normalized spacial score (nSPS) is 15.3. The number of aromatic amines is 1. The Labute approximate surface area is 168 Å². The van der Waals surface area contributed by atoms with Crippen LogP contribution in [0.1, 0.15) is 19.8 Å². The highest BCUT2D eigenvalue weighted by molar-refractivity contribution is 5.80. The predicted molar refractivity (Wildman–Crippen MR) is 110 cm³/mol. The molecule has 0 unspecified atom stereocenters. The van der Waals surface area contributed by atoms with Crippen LogP contribution in [-0.4, -0.2) is 70.7 Å². The molecule has 9 nitrogen and oxygen atoms in total. The molecule has 1 fully saturated rings. The number of aryl methyl sites for hydroxylation is 1. The fraction of sp³-hybridized carbons (Fsp3) is 0.500. The maximum Gasteiger partial charge on any atom is 0.273 e. The van der Waals surface area contributed by atoms with E-state index in [0.717, 1.165) is 13.0 Å². The van der Waals surface area contributed by atoms with Crippen LogP contribution >= 0.6 is 0 Å². The molecule has 29 heavy (non-hydrogen) atoms. The molecule has 0 atom stereocenters. The third-order valence-corrected chi connectivity index (χ3v) is 5.12. The molecule has 0 bridgehead atoms. The van der Waals surface area contributed by atoms with E-state index in [-0.39, 0.29) is 35.9 Å². The Balaban J connectivity index is 1.59. The number of rotatable bonds is 6. The van der Waals surface area contributed by atoms with Crippen LogP contribution < -0.4 is 16.4 Å². The van der Waals surface area contributed by atoms with Crippen molar-refractivity contribution in [2.24, 2.45) is 0 Å². The molecule has 0 saturated carbocycles. The smallest absolute Gasteiger partial charge is 0.273 e. The van der Waals surface area contributed by atoms with Gasteiger partial charge in [0.1, 0.15) is 0 Å². The van der Waals surface area contributed by atoms with Crippen LogP contribution in [0.4, 0.5) is 0 Å². The third-order valence-electron chi connectivity index (χ3n) is 5.12. The Morgan fingerprint density at radius 2 is 1.83 bits per heavy atom. The van der Waals surface area contributed by atoms with E-state index in [1.807, 2.05) is 11.8 Å². The molecule has 2 amide bonds. The van der Waals surface area contributed by atoms with Gasteiger partial charge in [0, 0.05) is 39.1 Å². The van der Waals surface area contributed by atoms with Crippen LogP contribution in [0.2, 0.25) is 0 Å². The van der Waals surface area contributed by atoms with Gasteiger partial charge in [-0.05, 0) is 25.5 Å². The van der Waals surface area contributed by atoms with Crippen LogP contribution in [0.15, 0.2) is 33.9 Å². The van der Waals surface area contributed by atoms with Gasteiger partial charge in [-0.1, -0.05) is 12.1 Å². The molecule has 156 valence electrons. The van der Waals surface area contributed by atoms with Gasteiger partial charge in [0.05, 0.1) is 23.9 Å². The van der Waals surface area contributed by atoms with Gasteiger partial charge in [-0.15, -0.1) is 0 Å². The summed E-state index contributed by atoms with van der Waals surface area (Å²) in [4.78, 5) is 52.9. The number of hydrogen-bond acceptors (Lipinski definition) is 5. The molecule has 1 aromatic carbocycles. The van der Waals surface area contributed by atoms with Gasteiger partial charge >= 0.3 is 0 Å². The van der Waals surface area contributed by atoms with Crippen LogP contribution in [0, 0.1) is 0 Å². The number of nitrogens with one attached hydrogen (secondary N) is 2. The molecule has 0 aliphatic carbocycles. The first-order valence-corrected chi connectivity index (χ1v) is 9.98. The van der Waals surface area contributed by atoms with Crippen molar-refractivity contribution in [2.75, 3.05) is 39.3 Å². The van der Waals surface area contributed by atoms with E-state index < -0.39 is 0 Å². The van der Waals surface area contributed by atoms with E-state index in [2.05, 4.69) is 10.4 Å². The second-order valence-electron chi connectivity index (χ2n) is 7.16. The zero-order valence-electron chi connectivity index (χ0n) is 16.6. The van der Waals surface area contributed by atoms with Crippen molar-refractivity contribution >= 4 is 22.6 Å². The molecular weight excluding hydrogens is 374 g/mol. The quantitative estimate of drug-likeness (QED) is 0.694. The SMILES string of the molecule is CCNC(=O)CN1CCCN(C(=O)CCn2[nH]c(=O)c3ccccc3c2=O)CC1. The van der Waals surface area contributed by atoms with Crippen LogP contribution in [0.3, 0.4) is 0 Å².